The van der Waals surface area contributed by atoms with Crippen LogP contribution in [-0.4, -0.2) is 21.9 Å². The van der Waals surface area contributed by atoms with Gasteiger partial charge >= 0.3 is 6.36 Å². The summed E-state index contributed by atoms with van der Waals surface area (Å²) in [4.78, 5) is 8.14. The zero-order chi connectivity index (χ0) is 18.0. The van der Waals surface area contributed by atoms with Crippen molar-refractivity contribution in [2.45, 2.75) is 32.7 Å². The molecule has 1 aromatic carbocycles. The van der Waals surface area contributed by atoms with E-state index in [4.69, 9.17) is 5.73 Å². The van der Waals surface area contributed by atoms with Gasteiger partial charge in [0.15, 0.2) is 11.6 Å². The van der Waals surface area contributed by atoms with Crippen LogP contribution < -0.4 is 21.1 Å². The number of hydrogen-bond acceptors (Lipinski definition) is 6. The summed E-state index contributed by atoms with van der Waals surface area (Å²) in [5, 5.41) is 6.08. The Balaban J connectivity index is 2.15. The first-order chi connectivity index (χ1) is 11.0. The van der Waals surface area contributed by atoms with Crippen LogP contribution in [0.3, 0.4) is 0 Å². The van der Waals surface area contributed by atoms with E-state index >= 15 is 0 Å². The summed E-state index contributed by atoms with van der Waals surface area (Å²) in [6, 6.07) is 5.25. The van der Waals surface area contributed by atoms with Gasteiger partial charge in [-0.25, -0.2) is 9.97 Å². The number of hydrogen-bond donors (Lipinski definition) is 3. The Labute approximate surface area is 137 Å². The first kappa shape index (κ1) is 17.6. The molecule has 0 spiro atoms. The molecule has 0 fully saturated rings. The number of nitrogen functional groups attached to an aromatic ring is 1. The van der Waals surface area contributed by atoms with Crippen LogP contribution in [-0.2, 0) is 0 Å². The summed E-state index contributed by atoms with van der Waals surface area (Å²) < 4.78 is 40.2. The van der Waals surface area contributed by atoms with Crippen LogP contribution in [0.15, 0.2) is 30.6 Å². The molecule has 0 bridgehead atoms. The van der Waals surface area contributed by atoms with E-state index in [2.05, 4.69) is 25.3 Å². The number of halogens is 3. The number of rotatable bonds is 4. The van der Waals surface area contributed by atoms with E-state index < -0.39 is 6.36 Å². The number of aromatic nitrogens is 2. The fourth-order valence-electron chi connectivity index (χ4n) is 1.83. The second-order valence-corrected chi connectivity index (χ2v) is 6.06. The Morgan fingerprint density at radius 1 is 1.00 bits per heavy atom. The maximum Gasteiger partial charge on any atom is 0.573 e. The van der Waals surface area contributed by atoms with Crippen molar-refractivity contribution in [1.29, 1.82) is 0 Å². The lowest BCUT2D eigenvalue weighted by atomic mass is 10.1. The van der Waals surface area contributed by atoms with Crippen molar-refractivity contribution in [2.24, 2.45) is 0 Å². The summed E-state index contributed by atoms with van der Waals surface area (Å²) in [7, 11) is 0. The minimum atomic E-state index is -4.72. The van der Waals surface area contributed by atoms with Gasteiger partial charge in [0.1, 0.15) is 17.8 Å². The van der Waals surface area contributed by atoms with Crippen molar-refractivity contribution in [1.82, 2.24) is 9.97 Å². The molecule has 0 aliphatic carbocycles. The molecule has 0 saturated heterocycles. The molecule has 0 saturated carbocycles. The van der Waals surface area contributed by atoms with Gasteiger partial charge in [-0.1, -0.05) is 0 Å². The SMILES string of the molecule is CC(C)(C)Nc1ncnc(Nc2ccc(OC(F)(F)F)cc2)c1N. The highest BCUT2D eigenvalue weighted by Crippen LogP contribution is 2.29. The van der Waals surface area contributed by atoms with Crippen molar-refractivity contribution in [3.05, 3.63) is 30.6 Å². The van der Waals surface area contributed by atoms with Crippen molar-refractivity contribution in [2.75, 3.05) is 16.4 Å². The van der Waals surface area contributed by atoms with Gasteiger partial charge in [0.25, 0.3) is 0 Å². The first-order valence-corrected chi connectivity index (χ1v) is 7.05. The summed E-state index contributed by atoms with van der Waals surface area (Å²) in [6.07, 6.45) is -3.38. The molecule has 24 heavy (non-hydrogen) atoms. The molecule has 0 aliphatic heterocycles. The van der Waals surface area contributed by atoms with Crippen LogP contribution in [0.2, 0.25) is 0 Å². The fraction of sp³-hybridized carbons (Fsp3) is 0.333. The molecule has 2 rings (SSSR count). The van der Waals surface area contributed by atoms with Crippen molar-refractivity contribution in [3.8, 4) is 5.75 Å². The molecule has 2 aromatic rings. The topological polar surface area (TPSA) is 85.1 Å². The molecular formula is C15H18F3N5O. The van der Waals surface area contributed by atoms with Crippen LogP contribution >= 0.6 is 0 Å². The van der Waals surface area contributed by atoms with Crippen molar-refractivity contribution in [3.63, 3.8) is 0 Å². The molecule has 9 heteroatoms. The molecule has 6 nitrogen and oxygen atoms in total. The van der Waals surface area contributed by atoms with E-state index in [1.807, 2.05) is 20.8 Å². The Morgan fingerprint density at radius 2 is 1.58 bits per heavy atom. The summed E-state index contributed by atoms with van der Waals surface area (Å²) in [5.41, 5.74) is 6.61. The molecule has 1 heterocycles. The number of nitrogens with zero attached hydrogens (tertiary/aromatic N) is 2. The highest BCUT2D eigenvalue weighted by molar-refractivity contribution is 5.77. The monoisotopic (exact) mass is 341 g/mol. The standard InChI is InChI=1S/C15H18F3N5O/c1-14(2,3)23-13-11(19)12(20-8-21-13)22-9-4-6-10(7-5-9)24-15(16,17)18/h4-8H,19H2,1-3H3,(H2,20,21,22,23). The molecule has 130 valence electrons. The zero-order valence-electron chi connectivity index (χ0n) is 13.4. The number of nitrogens with one attached hydrogen (secondary N) is 2. The zero-order valence-corrected chi connectivity index (χ0v) is 13.4. The molecule has 0 radical (unpaired) electrons. The van der Waals surface area contributed by atoms with Crippen LogP contribution in [0.25, 0.3) is 0 Å². The maximum atomic E-state index is 12.1. The first-order valence-electron chi connectivity index (χ1n) is 7.05. The lowest BCUT2D eigenvalue weighted by molar-refractivity contribution is -0.274. The van der Waals surface area contributed by atoms with Gasteiger partial charge < -0.3 is 21.1 Å². The van der Waals surface area contributed by atoms with Crippen LogP contribution in [0, 0.1) is 0 Å². The van der Waals surface area contributed by atoms with E-state index in [1.54, 1.807) is 0 Å². The van der Waals surface area contributed by atoms with E-state index in [-0.39, 0.29) is 11.3 Å². The normalized spacial score (nSPS) is 11.9. The number of alkyl halides is 3. The lowest BCUT2D eigenvalue weighted by Gasteiger charge is -2.22. The Kier molecular flexibility index (Phi) is 4.72. The molecule has 1 aromatic heterocycles. The highest BCUT2D eigenvalue weighted by atomic mass is 19.4. The average molecular weight is 341 g/mol. The average Bonchev–Trinajstić information content (AvgIpc) is 2.42. The quantitative estimate of drug-likeness (QED) is 0.782. The second-order valence-electron chi connectivity index (χ2n) is 6.06. The Hall–Kier alpha value is -2.71. The van der Waals surface area contributed by atoms with Crippen LogP contribution in [0.5, 0.6) is 5.75 Å². The third kappa shape index (κ3) is 5.18. The largest absolute Gasteiger partial charge is 0.573 e. The fourth-order valence-corrected chi connectivity index (χ4v) is 1.83. The molecule has 0 aliphatic rings. The molecule has 0 unspecified atom stereocenters. The van der Waals surface area contributed by atoms with E-state index in [9.17, 15) is 13.2 Å². The third-order valence-electron chi connectivity index (χ3n) is 2.73. The van der Waals surface area contributed by atoms with E-state index in [0.29, 0.717) is 23.0 Å². The Bertz CT molecular complexity index is 696. The Morgan fingerprint density at radius 3 is 2.12 bits per heavy atom. The van der Waals surface area contributed by atoms with Crippen LogP contribution in [0.4, 0.5) is 36.2 Å². The van der Waals surface area contributed by atoms with E-state index in [0.717, 1.165) is 0 Å². The third-order valence-corrected chi connectivity index (χ3v) is 2.73. The minimum absolute atomic E-state index is 0.240. The number of nitrogens with two attached hydrogens (primary N) is 1. The smallest absolute Gasteiger partial charge is 0.406 e. The van der Waals surface area contributed by atoms with Gasteiger partial charge in [0.2, 0.25) is 0 Å². The summed E-state index contributed by atoms with van der Waals surface area (Å²) in [6.45, 7) is 5.88. The maximum absolute atomic E-state index is 12.1. The van der Waals surface area contributed by atoms with Gasteiger partial charge in [0, 0.05) is 11.2 Å². The van der Waals surface area contributed by atoms with Crippen molar-refractivity contribution < 1.29 is 17.9 Å². The second kappa shape index (κ2) is 6.42. The van der Waals surface area contributed by atoms with Gasteiger partial charge in [-0.05, 0) is 45.0 Å². The molecule has 0 atom stereocenters. The number of benzene rings is 1. The summed E-state index contributed by atoms with van der Waals surface area (Å²) >= 11 is 0. The van der Waals surface area contributed by atoms with Gasteiger partial charge in [-0.3, -0.25) is 0 Å². The highest BCUT2D eigenvalue weighted by Gasteiger charge is 2.30. The molecular weight excluding hydrogens is 323 g/mol. The summed E-state index contributed by atoms with van der Waals surface area (Å²) in [5.74, 6) is 0.511. The predicted octanol–water partition coefficient (Wildman–Crippen LogP) is 3.91. The van der Waals surface area contributed by atoms with Gasteiger partial charge in [-0.2, -0.15) is 0 Å². The predicted molar refractivity (Wildman–Crippen MR) is 86.2 cm³/mol. The van der Waals surface area contributed by atoms with E-state index in [1.165, 1.54) is 30.6 Å². The number of ether oxygens (including phenoxy) is 1. The lowest BCUT2D eigenvalue weighted by Crippen LogP contribution is -2.27. The minimum Gasteiger partial charge on any atom is -0.406 e. The van der Waals surface area contributed by atoms with Gasteiger partial charge in [-0.15, -0.1) is 13.2 Å². The van der Waals surface area contributed by atoms with Gasteiger partial charge in [0.05, 0.1) is 0 Å². The van der Waals surface area contributed by atoms with Crippen LogP contribution in [0.1, 0.15) is 20.8 Å². The number of anilines is 4. The van der Waals surface area contributed by atoms with Crippen molar-refractivity contribution >= 4 is 23.0 Å². The molecule has 4 N–H and O–H groups in total. The molecule has 0 amide bonds.